The zero-order valence-electron chi connectivity index (χ0n) is 12.5. The number of hydrogen-bond donors (Lipinski definition) is 2. The quantitative estimate of drug-likeness (QED) is 0.731. The normalized spacial score (nSPS) is 10.7. The van der Waals surface area contributed by atoms with Crippen LogP contribution in [0.3, 0.4) is 0 Å². The Bertz CT molecular complexity index is 920. The standard InChI is InChI=1S/C17H13ClN2O4/c18-12-4-2-1-3-11(12)17-20-13-6-5-10(9-14(13)24-17)19-15(21)7-8-16(22)23/h1-6,9H,7-8H2,(H,19,21)(H,22,23). The number of aliphatic carboxylic acids is 1. The van der Waals surface area contributed by atoms with E-state index < -0.39 is 5.97 Å². The molecular formula is C17H13ClN2O4. The molecule has 1 amide bonds. The maximum absolute atomic E-state index is 11.7. The third kappa shape index (κ3) is 3.55. The van der Waals surface area contributed by atoms with Crippen molar-refractivity contribution in [3.05, 3.63) is 47.5 Å². The lowest BCUT2D eigenvalue weighted by atomic mass is 10.2. The molecule has 0 fully saturated rings. The summed E-state index contributed by atoms with van der Waals surface area (Å²) < 4.78 is 5.71. The molecule has 0 aliphatic carbocycles. The first-order valence-electron chi connectivity index (χ1n) is 7.20. The van der Waals surface area contributed by atoms with E-state index in [2.05, 4.69) is 10.3 Å². The fourth-order valence-electron chi connectivity index (χ4n) is 2.20. The van der Waals surface area contributed by atoms with Crippen LogP contribution in [0.25, 0.3) is 22.6 Å². The van der Waals surface area contributed by atoms with E-state index in [9.17, 15) is 9.59 Å². The van der Waals surface area contributed by atoms with Crippen LogP contribution in [-0.2, 0) is 9.59 Å². The Kier molecular flexibility index (Phi) is 4.48. The number of aromatic nitrogens is 1. The first-order chi connectivity index (χ1) is 11.5. The lowest BCUT2D eigenvalue weighted by Gasteiger charge is -2.03. The fraction of sp³-hybridized carbons (Fsp3) is 0.118. The van der Waals surface area contributed by atoms with Gasteiger partial charge in [0, 0.05) is 18.2 Å². The number of anilines is 1. The van der Waals surface area contributed by atoms with Crippen molar-refractivity contribution in [2.24, 2.45) is 0 Å². The van der Waals surface area contributed by atoms with E-state index in [0.29, 0.717) is 33.3 Å². The van der Waals surface area contributed by atoms with E-state index >= 15 is 0 Å². The minimum atomic E-state index is -1.01. The molecule has 3 aromatic rings. The van der Waals surface area contributed by atoms with E-state index in [4.69, 9.17) is 21.1 Å². The van der Waals surface area contributed by atoms with Gasteiger partial charge >= 0.3 is 5.97 Å². The number of nitrogens with zero attached hydrogens (tertiary/aromatic N) is 1. The molecule has 0 saturated heterocycles. The number of nitrogens with one attached hydrogen (secondary N) is 1. The maximum atomic E-state index is 11.7. The van der Waals surface area contributed by atoms with Crippen LogP contribution in [0, 0.1) is 0 Å². The van der Waals surface area contributed by atoms with Gasteiger partial charge in [0.25, 0.3) is 0 Å². The van der Waals surface area contributed by atoms with E-state index in [-0.39, 0.29) is 18.7 Å². The van der Waals surface area contributed by atoms with Gasteiger partial charge in [0.15, 0.2) is 5.58 Å². The van der Waals surface area contributed by atoms with E-state index in [1.165, 1.54) is 0 Å². The molecule has 0 aliphatic rings. The second-order valence-corrected chi connectivity index (χ2v) is 5.53. The molecule has 24 heavy (non-hydrogen) atoms. The van der Waals surface area contributed by atoms with Gasteiger partial charge in [-0.05, 0) is 24.3 Å². The van der Waals surface area contributed by atoms with Crippen LogP contribution >= 0.6 is 11.6 Å². The predicted molar refractivity (Wildman–Crippen MR) is 90.0 cm³/mol. The number of benzene rings is 2. The van der Waals surface area contributed by atoms with Gasteiger partial charge in [-0.1, -0.05) is 23.7 Å². The largest absolute Gasteiger partial charge is 0.481 e. The van der Waals surface area contributed by atoms with Crippen molar-refractivity contribution in [1.82, 2.24) is 4.98 Å². The van der Waals surface area contributed by atoms with Crippen LogP contribution < -0.4 is 5.32 Å². The van der Waals surface area contributed by atoms with Crippen LogP contribution in [0.5, 0.6) is 0 Å². The summed E-state index contributed by atoms with van der Waals surface area (Å²) >= 11 is 6.14. The molecule has 0 saturated carbocycles. The molecule has 0 atom stereocenters. The highest BCUT2D eigenvalue weighted by molar-refractivity contribution is 6.33. The average molecular weight is 345 g/mol. The second kappa shape index (κ2) is 6.72. The SMILES string of the molecule is O=C(O)CCC(=O)Nc1ccc2nc(-c3ccccc3Cl)oc2c1. The molecule has 0 aliphatic heterocycles. The van der Waals surface area contributed by atoms with Crippen LogP contribution in [0.2, 0.25) is 5.02 Å². The number of oxazole rings is 1. The summed E-state index contributed by atoms with van der Waals surface area (Å²) in [6.45, 7) is 0. The van der Waals surface area contributed by atoms with Crippen molar-refractivity contribution in [2.45, 2.75) is 12.8 Å². The molecule has 1 aromatic heterocycles. The predicted octanol–water partition coefficient (Wildman–Crippen LogP) is 3.95. The number of carbonyl (C=O) groups is 2. The number of carboxylic acid groups (broad SMARTS) is 1. The summed E-state index contributed by atoms with van der Waals surface area (Å²) in [6, 6.07) is 12.2. The number of carbonyl (C=O) groups excluding carboxylic acids is 1. The molecule has 1 heterocycles. The molecule has 0 spiro atoms. The molecule has 0 unspecified atom stereocenters. The highest BCUT2D eigenvalue weighted by atomic mass is 35.5. The molecule has 2 aromatic carbocycles. The maximum Gasteiger partial charge on any atom is 0.303 e. The van der Waals surface area contributed by atoms with Crippen molar-refractivity contribution in [2.75, 3.05) is 5.32 Å². The van der Waals surface area contributed by atoms with Crippen molar-refractivity contribution < 1.29 is 19.1 Å². The molecule has 0 bridgehead atoms. The number of rotatable bonds is 5. The molecule has 122 valence electrons. The Morgan fingerprint density at radius 2 is 1.96 bits per heavy atom. The molecule has 7 heteroatoms. The number of hydrogen-bond acceptors (Lipinski definition) is 4. The molecular weight excluding hydrogens is 332 g/mol. The zero-order valence-corrected chi connectivity index (χ0v) is 13.2. The highest BCUT2D eigenvalue weighted by Gasteiger charge is 2.12. The van der Waals surface area contributed by atoms with Crippen molar-refractivity contribution in [3.8, 4) is 11.5 Å². The van der Waals surface area contributed by atoms with Gasteiger partial charge in [-0.3, -0.25) is 9.59 Å². The number of carboxylic acids is 1. The fourth-order valence-corrected chi connectivity index (χ4v) is 2.41. The summed E-state index contributed by atoms with van der Waals surface area (Å²) in [7, 11) is 0. The van der Waals surface area contributed by atoms with Gasteiger partial charge in [0.05, 0.1) is 17.0 Å². The number of fused-ring (bicyclic) bond motifs is 1. The number of amides is 1. The highest BCUT2D eigenvalue weighted by Crippen LogP contribution is 2.30. The summed E-state index contributed by atoms with van der Waals surface area (Å²) in [6.07, 6.45) is -0.304. The Morgan fingerprint density at radius 1 is 1.17 bits per heavy atom. The first-order valence-corrected chi connectivity index (χ1v) is 7.58. The summed E-state index contributed by atoms with van der Waals surface area (Å²) in [5.41, 5.74) is 2.33. The zero-order chi connectivity index (χ0) is 17.1. The minimum absolute atomic E-state index is 0.0886. The van der Waals surface area contributed by atoms with Crippen molar-refractivity contribution in [1.29, 1.82) is 0 Å². The first kappa shape index (κ1) is 16.0. The Balaban J connectivity index is 1.83. The van der Waals surface area contributed by atoms with Gasteiger partial charge in [-0.2, -0.15) is 0 Å². The van der Waals surface area contributed by atoms with Crippen molar-refractivity contribution >= 4 is 40.3 Å². The Labute approximate surface area is 142 Å². The smallest absolute Gasteiger partial charge is 0.303 e. The van der Waals surface area contributed by atoms with E-state index in [1.807, 2.05) is 18.2 Å². The third-order valence-electron chi connectivity index (χ3n) is 3.34. The average Bonchev–Trinajstić information content (AvgIpc) is 2.96. The van der Waals surface area contributed by atoms with Crippen LogP contribution in [0.1, 0.15) is 12.8 Å². The van der Waals surface area contributed by atoms with Gasteiger partial charge in [0.2, 0.25) is 11.8 Å². The molecule has 0 radical (unpaired) electrons. The van der Waals surface area contributed by atoms with Gasteiger partial charge < -0.3 is 14.8 Å². The van der Waals surface area contributed by atoms with Crippen LogP contribution in [0.15, 0.2) is 46.9 Å². The molecule has 3 rings (SSSR count). The summed E-state index contributed by atoms with van der Waals surface area (Å²) in [5, 5.41) is 11.8. The topological polar surface area (TPSA) is 92.4 Å². The van der Waals surface area contributed by atoms with E-state index in [0.717, 1.165) is 0 Å². The third-order valence-corrected chi connectivity index (χ3v) is 3.67. The second-order valence-electron chi connectivity index (χ2n) is 5.12. The lowest BCUT2D eigenvalue weighted by Crippen LogP contribution is -2.12. The Morgan fingerprint density at radius 3 is 2.71 bits per heavy atom. The van der Waals surface area contributed by atoms with Crippen molar-refractivity contribution in [3.63, 3.8) is 0 Å². The molecule has 2 N–H and O–H groups in total. The van der Waals surface area contributed by atoms with Crippen LogP contribution in [0.4, 0.5) is 5.69 Å². The van der Waals surface area contributed by atoms with E-state index in [1.54, 1.807) is 24.3 Å². The van der Waals surface area contributed by atoms with Gasteiger partial charge in [-0.25, -0.2) is 4.98 Å². The minimum Gasteiger partial charge on any atom is -0.481 e. The summed E-state index contributed by atoms with van der Waals surface area (Å²) in [5.74, 6) is -0.993. The monoisotopic (exact) mass is 344 g/mol. The lowest BCUT2D eigenvalue weighted by molar-refractivity contribution is -0.138. The summed E-state index contributed by atoms with van der Waals surface area (Å²) in [4.78, 5) is 26.6. The van der Waals surface area contributed by atoms with Crippen LogP contribution in [-0.4, -0.2) is 22.0 Å². The molecule has 6 nitrogen and oxygen atoms in total. The number of halogens is 1. The Hall–Kier alpha value is -2.86. The van der Waals surface area contributed by atoms with Gasteiger partial charge in [-0.15, -0.1) is 0 Å². The van der Waals surface area contributed by atoms with Gasteiger partial charge in [0.1, 0.15) is 5.52 Å².